The van der Waals surface area contributed by atoms with Crippen LogP contribution >= 0.6 is 11.6 Å². The van der Waals surface area contributed by atoms with E-state index in [4.69, 9.17) is 16.4 Å². The highest BCUT2D eigenvalue weighted by atomic mass is 35.5. The Kier molecular flexibility index (Phi) is 5.49. The normalized spacial score (nSPS) is 16.1. The molecule has 6 nitrogen and oxygen atoms in total. The molecular weight excluding hydrogens is 318 g/mol. The van der Waals surface area contributed by atoms with Crippen molar-refractivity contribution in [2.75, 3.05) is 31.5 Å². The second-order valence-electron chi connectivity index (χ2n) is 6.48. The third-order valence-corrected chi connectivity index (χ3v) is 3.70. The molecule has 0 spiro atoms. The van der Waals surface area contributed by atoms with Crippen molar-refractivity contribution >= 4 is 29.3 Å². The van der Waals surface area contributed by atoms with E-state index in [9.17, 15) is 9.59 Å². The Hall–Kier alpha value is -1.79. The second-order valence-corrected chi connectivity index (χ2v) is 6.92. The molecule has 1 aromatic carbocycles. The first-order valence-corrected chi connectivity index (χ1v) is 7.92. The Labute approximate surface area is 141 Å². The topological polar surface area (TPSA) is 61.9 Å². The van der Waals surface area contributed by atoms with E-state index in [2.05, 4.69) is 5.32 Å². The number of piperazine rings is 1. The molecule has 2 rings (SSSR count). The molecule has 0 saturated carbocycles. The molecule has 1 aromatic rings. The highest BCUT2D eigenvalue weighted by Gasteiger charge is 2.28. The van der Waals surface area contributed by atoms with Crippen molar-refractivity contribution in [1.82, 2.24) is 9.96 Å². The molecule has 0 aliphatic carbocycles. The highest BCUT2D eigenvalue weighted by Crippen LogP contribution is 2.17. The number of hydrogen-bond acceptors (Lipinski definition) is 4. The number of urea groups is 1. The zero-order chi connectivity index (χ0) is 17.0. The molecule has 0 bridgehead atoms. The lowest BCUT2D eigenvalue weighted by Gasteiger charge is -2.34. The number of hydroxylamine groups is 2. The van der Waals surface area contributed by atoms with E-state index in [1.54, 1.807) is 34.2 Å². The van der Waals surface area contributed by atoms with Gasteiger partial charge in [0.2, 0.25) is 0 Å². The largest absolute Gasteiger partial charge is 0.367 e. The fourth-order valence-electron chi connectivity index (χ4n) is 1.97. The zero-order valence-corrected chi connectivity index (χ0v) is 14.4. The van der Waals surface area contributed by atoms with E-state index in [-0.39, 0.29) is 12.0 Å². The molecule has 1 heterocycles. The van der Waals surface area contributed by atoms with Crippen LogP contribution in [0.1, 0.15) is 20.8 Å². The first kappa shape index (κ1) is 17.6. The lowest BCUT2D eigenvalue weighted by Crippen LogP contribution is -2.51. The van der Waals surface area contributed by atoms with Crippen molar-refractivity contribution in [3.8, 4) is 0 Å². The molecule has 1 fully saturated rings. The summed E-state index contributed by atoms with van der Waals surface area (Å²) in [5, 5.41) is 5.05. The Morgan fingerprint density at radius 3 is 2.17 bits per heavy atom. The van der Waals surface area contributed by atoms with Crippen LogP contribution in [-0.2, 0) is 9.63 Å². The zero-order valence-electron chi connectivity index (χ0n) is 13.6. The van der Waals surface area contributed by atoms with Gasteiger partial charge in [-0.1, -0.05) is 11.6 Å². The van der Waals surface area contributed by atoms with Crippen LogP contribution in [-0.4, -0.2) is 48.1 Å². The van der Waals surface area contributed by atoms with Gasteiger partial charge < -0.3 is 15.1 Å². The van der Waals surface area contributed by atoms with Crippen molar-refractivity contribution in [2.24, 2.45) is 5.41 Å². The molecular formula is C16H22ClN3O3. The maximum absolute atomic E-state index is 12.2. The van der Waals surface area contributed by atoms with Gasteiger partial charge in [0.25, 0.3) is 0 Å². The molecule has 0 atom stereocenters. The predicted molar refractivity (Wildman–Crippen MR) is 89.2 cm³/mol. The maximum Gasteiger partial charge on any atom is 0.330 e. The van der Waals surface area contributed by atoms with E-state index in [0.29, 0.717) is 36.9 Å². The first-order valence-electron chi connectivity index (χ1n) is 7.54. The SMILES string of the molecule is CC(C)(C)C(=O)ON1CCN(C(=O)Nc2ccc(Cl)cc2)CC1. The monoisotopic (exact) mass is 339 g/mol. The number of halogens is 1. The van der Waals surface area contributed by atoms with Crippen LogP contribution in [0, 0.1) is 5.41 Å². The van der Waals surface area contributed by atoms with Crippen LogP contribution < -0.4 is 5.32 Å². The number of carbonyl (C=O) groups is 2. The summed E-state index contributed by atoms with van der Waals surface area (Å²) in [6.45, 7) is 7.42. The van der Waals surface area contributed by atoms with Crippen molar-refractivity contribution < 1.29 is 14.4 Å². The van der Waals surface area contributed by atoms with Crippen LogP contribution in [0.3, 0.4) is 0 Å². The average molecular weight is 340 g/mol. The van der Waals surface area contributed by atoms with Gasteiger partial charge in [-0.2, -0.15) is 0 Å². The maximum atomic E-state index is 12.2. The average Bonchev–Trinajstić information content (AvgIpc) is 2.49. The summed E-state index contributed by atoms with van der Waals surface area (Å²) in [5.74, 6) is -0.267. The summed E-state index contributed by atoms with van der Waals surface area (Å²) in [5.41, 5.74) is 0.157. The summed E-state index contributed by atoms with van der Waals surface area (Å²) >= 11 is 5.82. The smallest absolute Gasteiger partial charge is 0.330 e. The Morgan fingerprint density at radius 2 is 1.65 bits per heavy atom. The molecule has 1 aliphatic rings. The summed E-state index contributed by atoms with van der Waals surface area (Å²) in [6.07, 6.45) is 0. The highest BCUT2D eigenvalue weighted by molar-refractivity contribution is 6.30. The molecule has 1 N–H and O–H groups in total. The van der Waals surface area contributed by atoms with Crippen LogP contribution in [0.25, 0.3) is 0 Å². The van der Waals surface area contributed by atoms with Gasteiger partial charge in [-0.15, -0.1) is 5.06 Å². The van der Waals surface area contributed by atoms with Gasteiger partial charge in [-0.3, -0.25) is 0 Å². The number of nitrogens with one attached hydrogen (secondary N) is 1. The molecule has 23 heavy (non-hydrogen) atoms. The third kappa shape index (κ3) is 5.11. The Morgan fingerprint density at radius 1 is 1.09 bits per heavy atom. The molecule has 2 amide bonds. The number of benzene rings is 1. The molecule has 1 saturated heterocycles. The summed E-state index contributed by atoms with van der Waals surface area (Å²) < 4.78 is 0. The minimum absolute atomic E-state index is 0.172. The minimum atomic E-state index is -0.539. The fourth-order valence-corrected chi connectivity index (χ4v) is 2.10. The third-order valence-electron chi connectivity index (χ3n) is 3.45. The Bertz CT molecular complexity index is 561. The number of carbonyl (C=O) groups excluding carboxylic acids is 2. The lowest BCUT2D eigenvalue weighted by molar-refractivity contribution is -0.205. The fraction of sp³-hybridized carbons (Fsp3) is 0.500. The predicted octanol–water partition coefficient (Wildman–Crippen LogP) is 2.99. The standard InChI is InChI=1S/C16H22ClN3O3/c1-16(2,3)14(21)23-20-10-8-19(9-11-20)15(22)18-13-6-4-12(17)5-7-13/h4-7H,8-11H2,1-3H3,(H,18,22). The van der Waals surface area contributed by atoms with Crippen molar-refractivity contribution in [1.29, 1.82) is 0 Å². The number of hydrogen-bond donors (Lipinski definition) is 1. The Balaban J connectivity index is 1.81. The molecule has 126 valence electrons. The van der Waals surface area contributed by atoms with E-state index < -0.39 is 5.41 Å². The van der Waals surface area contributed by atoms with Gasteiger partial charge in [0.05, 0.1) is 18.5 Å². The van der Waals surface area contributed by atoms with E-state index in [0.717, 1.165) is 0 Å². The summed E-state index contributed by atoms with van der Waals surface area (Å²) in [6, 6.07) is 6.78. The van der Waals surface area contributed by atoms with E-state index in [1.807, 2.05) is 20.8 Å². The van der Waals surface area contributed by atoms with Crippen LogP contribution in [0.4, 0.5) is 10.5 Å². The molecule has 7 heteroatoms. The van der Waals surface area contributed by atoms with E-state index >= 15 is 0 Å². The quantitative estimate of drug-likeness (QED) is 0.899. The van der Waals surface area contributed by atoms with Gasteiger partial charge in [0, 0.05) is 23.8 Å². The molecule has 0 radical (unpaired) electrons. The molecule has 1 aliphatic heterocycles. The van der Waals surface area contributed by atoms with Gasteiger partial charge >= 0.3 is 12.0 Å². The summed E-state index contributed by atoms with van der Waals surface area (Å²) in [4.78, 5) is 31.1. The van der Waals surface area contributed by atoms with Crippen molar-refractivity contribution in [3.05, 3.63) is 29.3 Å². The number of rotatable bonds is 2. The molecule has 0 aromatic heterocycles. The number of nitrogens with zero attached hydrogens (tertiary/aromatic N) is 2. The van der Waals surface area contributed by atoms with E-state index in [1.165, 1.54) is 0 Å². The van der Waals surface area contributed by atoms with Gasteiger partial charge in [0.1, 0.15) is 0 Å². The van der Waals surface area contributed by atoms with Crippen molar-refractivity contribution in [3.63, 3.8) is 0 Å². The van der Waals surface area contributed by atoms with Crippen LogP contribution in [0.15, 0.2) is 24.3 Å². The molecule has 0 unspecified atom stereocenters. The van der Waals surface area contributed by atoms with Crippen LogP contribution in [0.2, 0.25) is 5.02 Å². The first-order chi connectivity index (χ1) is 10.8. The second kappa shape index (κ2) is 7.19. The summed E-state index contributed by atoms with van der Waals surface area (Å²) in [7, 11) is 0. The van der Waals surface area contributed by atoms with Crippen molar-refractivity contribution in [2.45, 2.75) is 20.8 Å². The van der Waals surface area contributed by atoms with Crippen LogP contribution in [0.5, 0.6) is 0 Å². The minimum Gasteiger partial charge on any atom is -0.367 e. The number of anilines is 1. The van der Waals surface area contributed by atoms with Gasteiger partial charge in [-0.25, -0.2) is 9.59 Å². The van der Waals surface area contributed by atoms with Gasteiger partial charge in [-0.05, 0) is 45.0 Å². The number of amides is 2. The van der Waals surface area contributed by atoms with Gasteiger partial charge in [0.15, 0.2) is 0 Å². The lowest BCUT2D eigenvalue weighted by atomic mass is 9.98.